The lowest BCUT2D eigenvalue weighted by atomic mass is 9.89. The van der Waals surface area contributed by atoms with Crippen LogP contribution in [0.25, 0.3) is 0 Å². The summed E-state index contributed by atoms with van der Waals surface area (Å²) in [5.41, 5.74) is 3.02. The summed E-state index contributed by atoms with van der Waals surface area (Å²) in [5.74, 6) is 0.691. The van der Waals surface area contributed by atoms with Crippen molar-refractivity contribution in [1.82, 2.24) is 20.1 Å². The van der Waals surface area contributed by atoms with Crippen molar-refractivity contribution in [2.45, 2.75) is 38.5 Å². The van der Waals surface area contributed by atoms with Gasteiger partial charge in [-0.3, -0.25) is 14.6 Å². The first kappa shape index (κ1) is 23.2. The van der Waals surface area contributed by atoms with Gasteiger partial charge in [0.05, 0.1) is 23.9 Å². The van der Waals surface area contributed by atoms with Crippen LogP contribution in [0.3, 0.4) is 0 Å². The van der Waals surface area contributed by atoms with E-state index in [0.717, 1.165) is 43.9 Å². The van der Waals surface area contributed by atoms with Crippen LogP contribution in [0, 0.1) is 6.92 Å². The molecule has 0 atom stereocenters. The van der Waals surface area contributed by atoms with Crippen LogP contribution >= 0.6 is 0 Å². The number of rotatable bonds is 7. The Hall–Kier alpha value is -2.93. The third kappa shape index (κ3) is 5.53. The van der Waals surface area contributed by atoms with Gasteiger partial charge in [0.15, 0.2) is 0 Å². The molecule has 0 bridgehead atoms. The number of methoxy groups -OCH3 is 1. The number of hydrogen-bond acceptors (Lipinski definition) is 5. The number of likely N-dealkylation sites (tertiary alicyclic amines) is 2. The molecule has 3 heterocycles. The Balaban J connectivity index is 1.39. The fourth-order valence-electron chi connectivity index (χ4n) is 4.86. The molecule has 0 saturated carbocycles. The number of benzene rings is 1. The Morgan fingerprint density at radius 1 is 1.03 bits per heavy atom. The van der Waals surface area contributed by atoms with Gasteiger partial charge in [-0.25, -0.2) is 0 Å². The van der Waals surface area contributed by atoms with E-state index in [9.17, 15) is 9.59 Å². The van der Waals surface area contributed by atoms with Gasteiger partial charge in [-0.15, -0.1) is 0 Å². The molecule has 176 valence electrons. The molecule has 4 rings (SSSR count). The highest BCUT2D eigenvalue weighted by Gasteiger charge is 2.29. The van der Waals surface area contributed by atoms with Gasteiger partial charge in [0.1, 0.15) is 5.75 Å². The normalized spacial score (nSPS) is 17.2. The fraction of sp³-hybridized carbons (Fsp3) is 0.500. The molecule has 1 N–H and O–H groups in total. The molecule has 1 aromatic carbocycles. The van der Waals surface area contributed by atoms with Crippen molar-refractivity contribution in [3.05, 3.63) is 58.9 Å². The summed E-state index contributed by atoms with van der Waals surface area (Å²) < 4.78 is 5.36. The van der Waals surface area contributed by atoms with Crippen LogP contribution in [0.2, 0.25) is 0 Å². The van der Waals surface area contributed by atoms with Crippen molar-refractivity contribution < 1.29 is 14.3 Å². The summed E-state index contributed by atoms with van der Waals surface area (Å²) in [4.78, 5) is 35.0. The van der Waals surface area contributed by atoms with E-state index in [2.05, 4.69) is 10.2 Å². The van der Waals surface area contributed by atoms with Gasteiger partial charge in [0.25, 0.3) is 11.8 Å². The Labute approximate surface area is 196 Å². The number of nitrogens with one attached hydrogen (secondary N) is 1. The highest BCUT2D eigenvalue weighted by atomic mass is 16.5. The molecule has 2 saturated heterocycles. The largest absolute Gasteiger partial charge is 0.496 e. The molecule has 1 aromatic heterocycles. The maximum absolute atomic E-state index is 13.0. The maximum atomic E-state index is 13.0. The topological polar surface area (TPSA) is 74.8 Å². The molecule has 0 radical (unpaired) electrons. The van der Waals surface area contributed by atoms with Crippen LogP contribution in [-0.4, -0.2) is 73.0 Å². The number of carbonyl (C=O) groups is 2. The number of pyridine rings is 1. The zero-order valence-corrected chi connectivity index (χ0v) is 19.7. The van der Waals surface area contributed by atoms with Crippen molar-refractivity contribution in [1.29, 1.82) is 0 Å². The molecule has 0 spiro atoms. The SMILES string of the molecule is COc1ccccc1C(=O)N1CCC(c2nc(C)ccc2C(=O)NCCN2CCCC2)CC1. The zero-order valence-electron chi connectivity index (χ0n) is 19.7. The van der Waals surface area contributed by atoms with Crippen LogP contribution in [0.15, 0.2) is 36.4 Å². The maximum Gasteiger partial charge on any atom is 0.257 e. The predicted octanol–water partition coefficient (Wildman–Crippen LogP) is 3.24. The Bertz CT molecular complexity index is 979. The molecular weight excluding hydrogens is 416 g/mol. The number of nitrogens with zero attached hydrogens (tertiary/aromatic N) is 3. The monoisotopic (exact) mass is 450 g/mol. The lowest BCUT2D eigenvalue weighted by Crippen LogP contribution is -2.39. The zero-order chi connectivity index (χ0) is 23.2. The van der Waals surface area contributed by atoms with Gasteiger partial charge in [-0.1, -0.05) is 12.1 Å². The third-order valence-corrected chi connectivity index (χ3v) is 6.73. The quantitative estimate of drug-likeness (QED) is 0.701. The fourth-order valence-corrected chi connectivity index (χ4v) is 4.86. The van der Waals surface area contributed by atoms with Gasteiger partial charge >= 0.3 is 0 Å². The summed E-state index contributed by atoms with van der Waals surface area (Å²) in [6.07, 6.45) is 4.06. The van der Waals surface area contributed by atoms with Gasteiger partial charge in [-0.2, -0.15) is 0 Å². The second-order valence-electron chi connectivity index (χ2n) is 8.96. The van der Waals surface area contributed by atoms with E-state index in [1.807, 2.05) is 42.2 Å². The van der Waals surface area contributed by atoms with Crippen molar-refractivity contribution >= 4 is 11.8 Å². The van der Waals surface area contributed by atoms with E-state index >= 15 is 0 Å². The van der Waals surface area contributed by atoms with Crippen LogP contribution < -0.4 is 10.1 Å². The van der Waals surface area contributed by atoms with Gasteiger partial charge in [0.2, 0.25) is 0 Å². The van der Waals surface area contributed by atoms with Gasteiger partial charge < -0.3 is 19.9 Å². The summed E-state index contributed by atoms with van der Waals surface area (Å²) in [7, 11) is 1.58. The smallest absolute Gasteiger partial charge is 0.257 e. The molecular formula is C26H34N4O3. The van der Waals surface area contributed by atoms with E-state index in [0.29, 0.717) is 36.5 Å². The Kier molecular flexibility index (Phi) is 7.60. The second kappa shape index (κ2) is 10.8. The third-order valence-electron chi connectivity index (χ3n) is 6.73. The van der Waals surface area contributed by atoms with Crippen molar-refractivity contribution in [2.24, 2.45) is 0 Å². The summed E-state index contributed by atoms with van der Waals surface area (Å²) in [6.45, 7) is 7.01. The number of hydrogen-bond donors (Lipinski definition) is 1. The first-order chi connectivity index (χ1) is 16.1. The minimum absolute atomic E-state index is 0.0111. The summed E-state index contributed by atoms with van der Waals surface area (Å²) >= 11 is 0. The number of amides is 2. The number of para-hydroxylation sites is 1. The van der Waals surface area contributed by atoms with Gasteiger partial charge in [0, 0.05) is 37.8 Å². The van der Waals surface area contributed by atoms with E-state index in [4.69, 9.17) is 9.72 Å². The predicted molar refractivity (Wildman–Crippen MR) is 128 cm³/mol. The average Bonchev–Trinajstić information content (AvgIpc) is 3.37. The van der Waals surface area contributed by atoms with Gasteiger partial charge in [-0.05, 0) is 70.0 Å². The van der Waals surface area contributed by atoms with E-state index in [-0.39, 0.29) is 17.7 Å². The molecule has 33 heavy (non-hydrogen) atoms. The average molecular weight is 451 g/mol. The summed E-state index contributed by atoms with van der Waals surface area (Å²) in [6, 6.07) is 11.1. The van der Waals surface area contributed by atoms with Crippen LogP contribution in [0.4, 0.5) is 0 Å². The minimum atomic E-state index is -0.0516. The van der Waals surface area contributed by atoms with E-state index in [1.165, 1.54) is 12.8 Å². The lowest BCUT2D eigenvalue weighted by Gasteiger charge is -2.32. The first-order valence-electron chi connectivity index (χ1n) is 12.0. The molecule has 7 heteroatoms. The highest BCUT2D eigenvalue weighted by molar-refractivity contribution is 5.97. The number of aryl methyl sites for hydroxylation is 1. The van der Waals surface area contributed by atoms with Crippen molar-refractivity contribution in [2.75, 3.05) is 46.4 Å². The molecule has 0 aliphatic carbocycles. The van der Waals surface area contributed by atoms with Crippen LogP contribution in [-0.2, 0) is 0 Å². The number of aromatic nitrogens is 1. The Morgan fingerprint density at radius 3 is 2.48 bits per heavy atom. The standard InChI is InChI=1S/C26H34N4O3/c1-19-9-10-22(25(31)27-13-18-29-14-5-6-15-29)24(28-19)20-11-16-30(17-12-20)26(32)21-7-3-4-8-23(21)33-2/h3-4,7-10,20H,5-6,11-18H2,1-2H3,(H,27,31). The minimum Gasteiger partial charge on any atom is -0.496 e. The molecule has 2 amide bonds. The molecule has 7 nitrogen and oxygen atoms in total. The Morgan fingerprint density at radius 2 is 1.76 bits per heavy atom. The second-order valence-corrected chi connectivity index (χ2v) is 8.96. The molecule has 2 aliphatic rings. The van der Waals surface area contributed by atoms with Crippen molar-refractivity contribution in [3.63, 3.8) is 0 Å². The van der Waals surface area contributed by atoms with Crippen molar-refractivity contribution in [3.8, 4) is 5.75 Å². The van der Waals surface area contributed by atoms with Crippen LogP contribution in [0.1, 0.15) is 63.7 Å². The first-order valence-corrected chi connectivity index (χ1v) is 12.0. The molecule has 0 unspecified atom stereocenters. The van der Waals surface area contributed by atoms with E-state index in [1.54, 1.807) is 13.2 Å². The highest BCUT2D eigenvalue weighted by Crippen LogP contribution is 2.31. The summed E-state index contributed by atoms with van der Waals surface area (Å²) in [5, 5.41) is 3.09. The lowest BCUT2D eigenvalue weighted by molar-refractivity contribution is 0.0707. The number of piperidine rings is 1. The number of carbonyl (C=O) groups excluding carboxylic acids is 2. The molecule has 2 aromatic rings. The molecule has 2 aliphatic heterocycles. The van der Waals surface area contributed by atoms with Crippen LogP contribution in [0.5, 0.6) is 5.75 Å². The molecule has 2 fully saturated rings. The number of ether oxygens (including phenoxy) is 1. The van der Waals surface area contributed by atoms with E-state index < -0.39 is 0 Å².